The number of esters is 2. The second kappa shape index (κ2) is 5.59. The first kappa shape index (κ1) is 17.1. The number of ether oxygens (including phenoxy) is 2. The van der Waals surface area contributed by atoms with Gasteiger partial charge in [-0.3, -0.25) is 4.79 Å². The SMILES string of the molecule is C=C1CC2(C)C3CCC4(C)C(OC(C)=O)CCC4C3CC[C@H]2OC1=O. The van der Waals surface area contributed by atoms with Crippen LogP contribution in [0.4, 0.5) is 0 Å². The van der Waals surface area contributed by atoms with E-state index in [4.69, 9.17) is 9.47 Å². The predicted octanol–water partition coefficient (Wildman–Crippen LogP) is 4.03. The zero-order valence-electron chi connectivity index (χ0n) is 15.7. The molecule has 0 spiro atoms. The maximum Gasteiger partial charge on any atom is 0.333 e. The van der Waals surface area contributed by atoms with Crippen LogP contribution in [0.15, 0.2) is 12.2 Å². The first-order valence-corrected chi connectivity index (χ1v) is 9.81. The average Bonchev–Trinajstić information content (AvgIpc) is 2.85. The van der Waals surface area contributed by atoms with Crippen LogP contribution in [0, 0.1) is 28.6 Å². The van der Waals surface area contributed by atoms with E-state index < -0.39 is 0 Å². The van der Waals surface area contributed by atoms with E-state index in [9.17, 15) is 9.59 Å². The minimum atomic E-state index is -0.197. The fourth-order valence-corrected chi connectivity index (χ4v) is 6.95. The lowest BCUT2D eigenvalue weighted by molar-refractivity contribution is -0.185. The molecule has 7 atom stereocenters. The lowest BCUT2D eigenvalue weighted by atomic mass is 9.48. The number of hydrogen-bond acceptors (Lipinski definition) is 4. The molecule has 1 aliphatic heterocycles. The molecule has 4 rings (SSSR count). The van der Waals surface area contributed by atoms with Gasteiger partial charge in [0.25, 0.3) is 0 Å². The van der Waals surface area contributed by atoms with Crippen LogP contribution in [0.3, 0.4) is 0 Å². The lowest BCUT2D eigenvalue weighted by Crippen LogP contribution is -2.57. The van der Waals surface area contributed by atoms with Crippen molar-refractivity contribution in [3.8, 4) is 0 Å². The maximum absolute atomic E-state index is 12.0. The van der Waals surface area contributed by atoms with Crippen molar-refractivity contribution >= 4 is 11.9 Å². The smallest absolute Gasteiger partial charge is 0.333 e. The zero-order chi connectivity index (χ0) is 18.0. The Kier molecular flexibility index (Phi) is 3.82. The second-order valence-electron chi connectivity index (χ2n) is 9.35. The van der Waals surface area contributed by atoms with Gasteiger partial charge < -0.3 is 9.47 Å². The third-order valence-corrected chi connectivity index (χ3v) is 8.14. The summed E-state index contributed by atoms with van der Waals surface area (Å²) in [6.45, 7) is 10.1. The molecule has 0 aromatic heterocycles. The molecular weight excluding hydrogens is 316 g/mol. The highest BCUT2D eigenvalue weighted by Crippen LogP contribution is 2.65. The van der Waals surface area contributed by atoms with Gasteiger partial charge in [-0.25, -0.2) is 4.79 Å². The number of hydrogen-bond donors (Lipinski definition) is 0. The Hall–Kier alpha value is -1.32. The molecule has 1 heterocycles. The lowest BCUT2D eigenvalue weighted by Gasteiger charge is -2.59. The fourth-order valence-electron chi connectivity index (χ4n) is 6.95. The Labute approximate surface area is 150 Å². The van der Waals surface area contributed by atoms with Crippen LogP contribution in [0.25, 0.3) is 0 Å². The first-order valence-electron chi connectivity index (χ1n) is 9.81. The molecule has 0 N–H and O–H groups in total. The van der Waals surface area contributed by atoms with E-state index in [1.165, 1.54) is 6.92 Å². The van der Waals surface area contributed by atoms with Crippen molar-refractivity contribution < 1.29 is 19.1 Å². The molecule has 1 saturated heterocycles. The molecule has 0 radical (unpaired) electrons. The normalized spacial score (nSPS) is 48.8. The Balaban J connectivity index is 1.60. The number of rotatable bonds is 1. The Morgan fingerprint density at radius 1 is 1.12 bits per heavy atom. The summed E-state index contributed by atoms with van der Waals surface area (Å²) in [5, 5.41) is 0. The van der Waals surface area contributed by atoms with E-state index in [2.05, 4.69) is 20.4 Å². The van der Waals surface area contributed by atoms with Crippen LogP contribution < -0.4 is 0 Å². The molecule has 25 heavy (non-hydrogen) atoms. The van der Waals surface area contributed by atoms with Crippen LogP contribution in [0.5, 0.6) is 0 Å². The summed E-state index contributed by atoms with van der Waals surface area (Å²) in [5.41, 5.74) is 0.768. The molecule has 4 fully saturated rings. The van der Waals surface area contributed by atoms with E-state index in [-0.39, 0.29) is 35.0 Å². The van der Waals surface area contributed by atoms with Crippen molar-refractivity contribution in [2.45, 2.75) is 77.9 Å². The summed E-state index contributed by atoms with van der Waals surface area (Å²) < 4.78 is 11.5. The van der Waals surface area contributed by atoms with Gasteiger partial charge in [-0.1, -0.05) is 20.4 Å². The van der Waals surface area contributed by atoms with Crippen LogP contribution in [-0.2, 0) is 19.1 Å². The van der Waals surface area contributed by atoms with Crippen LogP contribution in [0.2, 0.25) is 0 Å². The van der Waals surface area contributed by atoms with E-state index in [1.807, 2.05) is 0 Å². The van der Waals surface area contributed by atoms with Gasteiger partial charge in [-0.15, -0.1) is 0 Å². The highest BCUT2D eigenvalue weighted by molar-refractivity contribution is 5.88. The molecule has 0 bridgehead atoms. The largest absolute Gasteiger partial charge is 0.462 e. The Bertz CT molecular complexity index is 625. The van der Waals surface area contributed by atoms with E-state index in [0.717, 1.165) is 44.9 Å². The van der Waals surface area contributed by atoms with E-state index in [0.29, 0.717) is 23.3 Å². The monoisotopic (exact) mass is 346 g/mol. The molecule has 4 heteroatoms. The topological polar surface area (TPSA) is 52.6 Å². The maximum atomic E-state index is 12.0. The van der Waals surface area contributed by atoms with Crippen LogP contribution >= 0.6 is 0 Å². The summed E-state index contributed by atoms with van der Waals surface area (Å²) in [6, 6.07) is 0. The second-order valence-corrected chi connectivity index (χ2v) is 9.35. The molecule has 6 unspecified atom stereocenters. The molecule has 4 nitrogen and oxygen atoms in total. The standard InChI is InChI=1S/C21H30O4/c1-12-11-21(4)16-9-10-20(3)15(6-8-17(20)24-13(2)22)14(16)5-7-18(21)25-19(12)23/h14-18H,1,5-11H2,2-4H3/t14?,15?,16?,17?,18-,20?,21?/m1/s1. The number of fused-ring (bicyclic) bond motifs is 5. The highest BCUT2D eigenvalue weighted by atomic mass is 16.5. The third-order valence-electron chi connectivity index (χ3n) is 8.14. The van der Waals surface area contributed by atoms with Crippen molar-refractivity contribution in [1.29, 1.82) is 0 Å². The highest BCUT2D eigenvalue weighted by Gasteiger charge is 2.62. The van der Waals surface area contributed by atoms with Gasteiger partial charge in [0.15, 0.2) is 0 Å². The molecule has 3 aliphatic carbocycles. The average molecular weight is 346 g/mol. The van der Waals surface area contributed by atoms with Gasteiger partial charge in [0.1, 0.15) is 12.2 Å². The minimum absolute atomic E-state index is 0.0226. The van der Waals surface area contributed by atoms with E-state index >= 15 is 0 Å². The van der Waals surface area contributed by atoms with Crippen molar-refractivity contribution in [2.75, 3.05) is 0 Å². The molecule has 0 aromatic carbocycles. The van der Waals surface area contributed by atoms with Crippen molar-refractivity contribution in [2.24, 2.45) is 28.6 Å². The third kappa shape index (κ3) is 2.39. The summed E-state index contributed by atoms with van der Waals surface area (Å²) in [6.07, 6.45) is 7.34. The van der Waals surface area contributed by atoms with Crippen molar-refractivity contribution in [1.82, 2.24) is 0 Å². The predicted molar refractivity (Wildman–Crippen MR) is 93.6 cm³/mol. The first-order chi connectivity index (χ1) is 11.8. The summed E-state index contributed by atoms with van der Waals surface area (Å²) >= 11 is 0. The Morgan fingerprint density at radius 2 is 1.84 bits per heavy atom. The van der Waals surface area contributed by atoms with Crippen LogP contribution in [0.1, 0.15) is 65.7 Å². The number of carbonyl (C=O) groups is 2. The molecule has 0 amide bonds. The minimum Gasteiger partial charge on any atom is -0.462 e. The quantitative estimate of drug-likeness (QED) is 0.531. The summed E-state index contributed by atoms with van der Waals surface area (Å²) in [5.74, 6) is 1.48. The molecule has 3 saturated carbocycles. The van der Waals surface area contributed by atoms with Gasteiger partial charge in [0.2, 0.25) is 0 Å². The summed E-state index contributed by atoms with van der Waals surface area (Å²) in [4.78, 5) is 23.5. The van der Waals surface area contributed by atoms with Gasteiger partial charge >= 0.3 is 11.9 Å². The van der Waals surface area contributed by atoms with Gasteiger partial charge in [-0.2, -0.15) is 0 Å². The Morgan fingerprint density at radius 3 is 2.56 bits per heavy atom. The molecular formula is C21H30O4. The van der Waals surface area contributed by atoms with Crippen LogP contribution in [-0.4, -0.2) is 24.1 Å². The van der Waals surface area contributed by atoms with Gasteiger partial charge in [0.05, 0.1) is 0 Å². The van der Waals surface area contributed by atoms with Crippen molar-refractivity contribution in [3.63, 3.8) is 0 Å². The summed E-state index contributed by atoms with van der Waals surface area (Å²) in [7, 11) is 0. The number of carbonyl (C=O) groups excluding carboxylic acids is 2. The van der Waals surface area contributed by atoms with Gasteiger partial charge in [-0.05, 0) is 62.7 Å². The van der Waals surface area contributed by atoms with E-state index in [1.54, 1.807) is 0 Å². The van der Waals surface area contributed by atoms with Gasteiger partial charge in [0, 0.05) is 23.3 Å². The fraction of sp³-hybridized carbons (Fsp3) is 0.810. The molecule has 0 aromatic rings. The zero-order valence-corrected chi connectivity index (χ0v) is 15.7. The molecule has 4 aliphatic rings. The van der Waals surface area contributed by atoms with Crippen molar-refractivity contribution in [3.05, 3.63) is 12.2 Å². The molecule has 138 valence electrons.